The topological polar surface area (TPSA) is 35.0 Å². The Bertz CT molecular complexity index is 431. The van der Waals surface area contributed by atoms with Crippen LogP contribution in [0, 0.1) is 0 Å². The van der Waals surface area contributed by atoms with E-state index in [9.17, 15) is 0 Å². The highest BCUT2D eigenvalue weighted by Gasteiger charge is 1.97. The molecule has 2 rings (SSSR count). The first-order chi connectivity index (χ1) is 7.88. The van der Waals surface area contributed by atoms with Crippen LogP contribution in [0.1, 0.15) is 11.4 Å². The smallest absolute Gasteiger partial charge is 0.138 e. The molecule has 0 fully saturated rings. The molecule has 0 atom stereocenters. The zero-order valence-corrected chi connectivity index (χ0v) is 10.2. The molecule has 2 aromatic rings. The Labute approximate surface area is 103 Å². The molecule has 82 valence electrons. The highest BCUT2D eigenvalue weighted by Crippen LogP contribution is 2.12. The molecule has 3 nitrogen and oxygen atoms in total. The van der Waals surface area contributed by atoms with Gasteiger partial charge in [0.25, 0.3) is 0 Å². The second-order valence-corrected chi connectivity index (χ2v) is 3.79. The van der Waals surface area contributed by atoms with Crippen molar-refractivity contribution in [2.45, 2.75) is 11.9 Å². The monoisotopic (exact) mass is 278 g/mol. The van der Waals surface area contributed by atoms with E-state index in [1.807, 2.05) is 30.3 Å². The molecule has 0 aliphatic heterocycles. The van der Waals surface area contributed by atoms with Crippen molar-refractivity contribution < 1.29 is 4.74 Å². The second-order valence-electron chi connectivity index (χ2n) is 3.23. The van der Waals surface area contributed by atoms with Gasteiger partial charge in [0, 0.05) is 11.5 Å². The summed E-state index contributed by atoms with van der Waals surface area (Å²) < 4.78 is 5.55. The molecule has 0 amide bonds. The maximum Gasteiger partial charge on any atom is 0.138 e. The lowest BCUT2D eigenvalue weighted by Crippen LogP contribution is -1.98. The molecule has 0 bridgehead atoms. The first-order valence-corrected chi connectivity index (χ1v) is 6.04. The fraction of sp³-hybridized carbons (Fsp3) is 0.167. The van der Waals surface area contributed by atoms with E-state index < -0.39 is 0 Å². The van der Waals surface area contributed by atoms with E-state index >= 15 is 0 Å². The second kappa shape index (κ2) is 5.61. The van der Waals surface area contributed by atoms with E-state index in [4.69, 9.17) is 4.74 Å². The lowest BCUT2D eigenvalue weighted by atomic mass is 10.3. The third kappa shape index (κ3) is 3.03. The number of pyridine rings is 2. The van der Waals surface area contributed by atoms with Crippen molar-refractivity contribution in [3.63, 3.8) is 0 Å². The summed E-state index contributed by atoms with van der Waals surface area (Å²) in [5, 5.41) is 0.757. The van der Waals surface area contributed by atoms with Crippen molar-refractivity contribution in [3.05, 3.63) is 54.1 Å². The van der Waals surface area contributed by atoms with Gasteiger partial charge in [-0.25, -0.2) is 0 Å². The third-order valence-corrected chi connectivity index (χ3v) is 2.62. The van der Waals surface area contributed by atoms with E-state index in [-0.39, 0.29) is 0 Å². The number of nitrogens with zero attached hydrogens (tertiary/aromatic N) is 2. The molecule has 0 aliphatic carbocycles. The summed E-state index contributed by atoms with van der Waals surface area (Å²) in [5.41, 5.74) is 1.90. The van der Waals surface area contributed by atoms with Gasteiger partial charge in [-0.1, -0.05) is 22.0 Å². The van der Waals surface area contributed by atoms with Gasteiger partial charge in [0.2, 0.25) is 0 Å². The number of halogens is 1. The van der Waals surface area contributed by atoms with Crippen molar-refractivity contribution in [3.8, 4) is 5.75 Å². The SMILES string of the molecule is BrCc1ccc(OCc2ccccn2)cn1. The quantitative estimate of drug-likeness (QED) is 0.807. The normalized spacial score (nSPS) is 10.1. The Balaban J connectivity index is 1.94. The zero-order chi connectivity index (χ0) is 11.2. The molecule has 4 heteroatoms. The largest absolute Gasteiger partial charge is 0.486 e. The Hall–Kier alpha value is -1.42. The summed E-state index contributed by atoms with van der Waals surface area (Å²) in [6, 6.07) is 9.60. The molecule has 0 radical (unpaired) electrons. The maximum atomic E-state index is 5.55. The zero-order valence-electron chi connectivity index (χ0n) is 8.64. The Kier molecular flexibility index (Phi) is 3.88. The first kappa shape index (κ1) is 11.1. The number of alkyl halides is 1. The number of ether oxygens (including phenoxy) is 1. The van der Waals surface area contributed by atoms with E-state index in [0.717, 1.165) is 22.5 Å². The summed E-state index contributed by atoms with van der Waals surface area (Å²) in [5.74, 6) is 0.760. The number of hydrogen-bond donors (Lipinski definition) is 0. The average Bonchev–Trinajstić information content (AvgIpc) is 2.38. The molecular weight excluding hydrogens is 268 g/mol. The minimum Gasteiger partial charge on any atom is -0.486 e. The van der Waals surface area contributed by atoms with Crippen LogP contribution < -0.4 is 4.74 Å². The molecule has 0 N–H and O–H groups in total. The van der Waals surface area contributed by atoms with Crippen molar-refractivity contribution in [1.82, 2.24) is 9.97 Å². The molecule has 2 heterocycles. The van der Waals surface area contributed by atoms with Gasteiger partial charge in [0.1, 0.15) is 12.4 Å². The van der Waals surface area contributed by atoms with Gasteiger partial charge in [-0.05, 0) is 24.3 Å². The van der Waals surface area contributed by atoms with E-state index in [0.29, 0.717) is 6.61 Å². The standard InChI is InChI=1S/C12H11BrN2O/c13-7-10-4-5-12(8-15-10)16-9-11-3-1-2-6-14-11/h1-6,8H,7,9H2. The molecule has 16 heavy (non-hydrogen) atoms. The van der Waals surface area contributed by atoms with Gasteiger partial charge in [0.05, 0.1) is 17.6 Å². The van der Waals surface area contributed by atoms with Crippen molar-refractivity contribution in [1.29, 1.82) is 0 Å². The van der Waals surface area contributed by atoms with Crippen LogP contribution in [-0.4, -0.2) is 9.97 Å². The van der Waals surface area contributed by atoms with Gasteiger partial charge in [0.15, 0.2) is 0 Å². The summed E-state index contributed by atoms with van der Waals surface area (Å²) in [6.07, 6.45) is 3.48. The highest BCUT2D eigenvalue weighted by molar-refractivity contribution is 9.08. The lowest BCUT2D eigenvalue weighted by molar-refractivity contribution is 0.300. The average molecular weight is 279 g/mol. The van der Waals surface area contributed by atoms with Crippen LogP contribution in [0.25, 0.3) is 0 Å². The van der Waals surface area contributed by atoms with Crippen molar-refractivity contribution in [2.24, 2.45) is 0 Å². The maximum absolute atomic E-state index is 5.55. The van der Waals surface area contributed by atoms with Crippen LogP contribution in [-0.2, 0) is 11.9 Å². The lowest BCUT2D eigenvalue weighted by Gasteiger charge is -2.05. The fourth-order valence-electron chi connectivity index (χ4n) is 1.22. The van der Waals surface area contributed by atoms with E-state index in [2.05, 4.69) is 25.9 Å². The molecule has 2 aromatic heterocycles. The van der Waals surface area contributed by atoms with Crippen LogP contribution in [0.15, 0.2) is 42.7 Å². The van der Waals surface area contributed by atoms with Crippen molar-refractivity contribution in [2.75, 3.05) is 0 Å². The van der Waals surface area contributed by atoms with Crippen LogP contribution in [0.4, 0.5) is 0 Å². The molecule has 0 spiro atoms. The third-order valence-electron chi connectivity index (χ3n) is 2.05. The fourth-order valence-corrected chi connectivity index (χ4v) is 1.55. The Morgan fingerprint density at radius 2 is 2.00 bits per heavy atom. The summed E-state index contributed by atoms with van der Waals surface area (Å²) in [6.45, 7) is 0.468. The highest BCUT2D eigenvalue weighted by atomic mass is 79.9. The van der Waals surface area contributed by atoms with Gasteiger partial charge in [-0.3, -0.25) is 9.97 Å². The first-order valence-electron chi connectivity index (χ1n) is 4.92. The number of rotatable bonds is 4. The predicted molar refractivity (Wildman–Crippen MR) is 65.4 cm³/mol. The molecule has 0 saturated carbocycles. The van der Waals surface area contributed by atoms with Crippen LogP contribution >= 0.6 is 15.9 Å². The van der Waals surface area contributed by atoms with Gasteiger partial charge in [-0.15, -0.1) is 0 Å². The van der Waals surface area contributed by atoms with Gasteiger partial charge < -0.3 is 4.74 Å². The Morgan fingerprint density at radius 1 is 1.06 bits per heavy atom. The molecule has 0 aromatic carbocycles. The molecular formula is C12H11BrN2O. The minimum atomic E-state index is 0.468. The van der Waals surface area contributed by atoms with E-state index in [1.165, 1.54) is 0 Å². The molecule has 0 unspecified atom stereocenters. The summed E-state index contributed by atoms with van der Waals surface area (Å²) >= 11 is 3.34. The summed E-state index contributed by atoms with van der Waals surface area (Å²) in [7, 11) is 0. The van der Waals surface area contributed by atoms with Gasteiger partial charge >= 0.3 is 0 Å². The number of hydrogen-bond acceptors (Lipinski definition) is 3. The van der Waals surface area contributed by atoms with E-state index in [1.54, 1.807) is 12.4 Å². The van der Waals surface area contributed by atoms with Crippen LogP contribution in [0.3, 0.4) is 0 Å². The molecule has 0 aliphatic rings. The van der Waals surface area contributed by atoms with Crippen molar-refractivity contribution >= 4 is 15.9 Å². The molecule has 0 saturated heterocycles. The Morgan fingerprint density at radius 3 is 2.62 bits per heavy atom. The minimum absolute atomic E-state index is 0.468. The van der Waals surface area contributed by atoms with Crippen LogP contribution in [0.5, 0.6) is 5.75 Å². The predicted octanol–water partition coefficient (Wildman–Crippen LogP) is 2.95. The number of aromatic nitrogens is 2. The summed E-state index contributed by atoms with van der Waals surface area (Å²) in [4.78, 5) is 8.39. The van der Waals surface area contributed by atoms with Crippen LogP contribution in [0.2, 0.25) is 0 Å². The van der Waals surface area contributed by atoms with Gasteiger partial charge in [-0.2, -0.15) is 0 Å².